The lowest BCUT2D eigenvalue weighted by Gasteiger charge is -2.35. The lowest BCUT2D eigenvalue weighted by Crippen LogP contribution is -2.37. The molecule has 1 fully saturated rings. The van der Waals surface area contributed by atoms with Crippen LogP contribution >= 0.6 is 0 Å². The molecular formula is C25H25N5O2. The number of carbonyl (C=O) groups is 1. The van der Waals surface area contributed by atoms with Crippen LogP contribution in [0.1, 0.15) is 24.4 Å². The molecule has 3 N–H and O–H groups in total. The topological polar surface area (TPSA) is 95.1 Å². The molecule has 0 radical (unpaired) electrons. The third kappa shape index (κ3) is 3.66. The Labute approximate surface area is 186 Å². The minimum Gasteiger partial charge on any atom is -0.489 e. The first-order valence-electron chi connectivity index (χ1n) is 10.7. The van der Waals surface area contributed by atoms with E-state index >= 15 is 0 Å². The minimum absolute atomic E-state index is 0.0415. The molecule has 4 aromatic rings. The predicted molar refractivity (Wildman–Crippen MR) is 124 cm³/mol. The van der Waals surface area contributed by atoms with Crippen LogP contribution in [0.2, 0.25) is 0 Å². The molecule has 0 bridgehead atoms. The van der Waals surface area contributed by atoms with E-state index in [1.165, 1.54) is 6.33 Å². The molecule has 1 aliphatic rings. The van der Waals surface area contributed by atoms with Crippen molar-refractivity contribution in [3.8, 4) is 16.9 Å². The number of aromatic nitrogens is 3. The van der Waals surface area contributed by atoms with Crippen LogP contribution in [0.4, 0.5) is 5.82 Å². The SMILES string of the molecule is CNC(=O)[C@H]1C[C@@H](n2cc(-c3cccc(OCc4ccccc4)c3)c3c(N)ncnc32)C1. The zero-order valence-electron chi connectivity index (χ0n) is 17.9. The maximum Gasteiger partial charge on any atom is 0.223 e. The van der Waals surface area contributed by atoms with E-state index in [0.29, 0.717) is 12.4 Å². The van der Waals surface area contributed by atoms with Gasteiger partial charge in [-0.15, -0.1) is 0 Å². The van der Waals surface area contributed by atoms with Crippen LogP contribution < -0.4 is 15.8 Å². The van der Waals surface area contributed by atoms with Gasteiger partial charge in [0, 0.05) is 30.8 Å². The smallest absolute Gasteiger partial charge is 0.223 e. The van der Waals surface area contributed by atoms with E-state index in [1.54, 1.807) is 7.05 Å². The van der Waals surface area contributed by atoms with Crippen molar-refractivity contribution in [3.05, 3.63) is 72.7 Å². The maximum atomic E-state index is 11.9. The van der Waals surface area contributed by atoms with Gasteiger partial charge < -0.3 is 20.4 Å². The largest absolute Gasteiger partial charge is 0.489 e. The first-order chi connectivity index (χ1) is 15.6. The molecule has 1 amide bonds. The fraction of sp³-hybridized carbons (Fsp3) is 0.240. The second-order valence-corrected chi connectivity index (χ2v) is 8.15. The van der Waals surface area contributed by atoms with Crippen molar-refractivity contribution in [1.82, 2.24) is 19.9 Å². The number of ether oxygens (including phenoxy) is 1. The van der Waals surface area contributed by atoms with Crippen molar-refractivity contribution < 1.29 is 9.53 Å². The van der Waals surface area contributed by atoms with Crippen molar-refractivity contribution in [1.29, 1.82) is 0 Å². The van der Waals surface area contributed by atoms with Gasteiger partial charge in [-0.05, 0) is 36.1 Å². The summed E-state index contributed by atoms with van der Waals surface area (Å²) in [6, 6.07) is 18.3. The number of rotatable bonds is 6. The van der Waals surface area contributed by atoms with Crippen LogP contribution in [0.5, 0.6) is 5.75 Å². The highest BCUT2D eigenvalue weighted by Crippen LogP contribution is 2.43. The molecule has 2 heterocycles. The predicted octanol–water partition coefficient (Wildman–Crippen LogP) is 3.96. The second kappa shape index (κ2) is 8.34. The fourth-order valence-electron chi connectivity index (χ4n) is 4.33. The minimum atomic E-state index is 0.0415. The third-order valence-corrected chi connectivity index (χ3v) is 6.16. The van der Waals surface area contributed by atoms with Crippen molar-refractivity contribution in [2.24, 2.45) is 5.92 Å². The molecule has 0 atom stereocenters. The molecule has 0 spiro atoms. The van der Waals surface area contributed by atoms with Crippen LogP contribution in [0, 0.1) is 5.92 Å². The highest BCUT2D eigenvalue weighted by atomic mass is 16.5. The highest BCUT2D eigenvalue weighted by Gasteiger charge is 2.36. The monoisotopic (exact) mass is 427 g/mol. The average molecular weight is 428 g/mol. The molecule has 5 rings (SSSR count). The molecule has 0 aliphatic heterocycles. The summed E-state index contributed by atoms with van der Waals surface area (Å²) in [4.78, 5) is 20.7. The number of benzene rings is 2. The first kappa shape index (κ1) is 20.1. The van der Waals surface area contributed by atoms with E-state index in [2.05, 4.69) is 26.0 Å². The summed E-state index contributed by atoms with van der Waals surface area (Å²) in [7, 11) is 1.68. The maximum absolute atomic E-state index is 11.9. The normalized spacial score (nSPS) is 17.7. The van der Waals surface area contributed by atoms with Gasteiger partial charge in [0.1, 0.15) is 30.1 Å². The number of nitrogens with zero attached hydrogens (tertiary/aromatic N) is 3. The van der Waals surface area contributed by atoms with E-state index in [-0.39, 0.29) is 17.9 Å². The quantitative estimate of drug-likeness (QED) is 0.486. The van der Waals surface area contributed by atoms with Crippen molar-refractivity contribution in [3.63, 3.8) is 0 Å². The van der Waals surface area contributed by atoms with Gasteiger partial charge >= 0.3 is 0 Å². The fourth-order valence-corrected chi connectivity index (χ4v) is 4.33. The van der Waals surface area contributed by atoms with Crippen molar-refractivity contribution in [2.75, 3.05) is 12.8 Å². The Bertz CT molecular complexity index is 1260. The Morgan fingerprint density at radius 2 is 1.97 bits per heavy atom. The Kier molecular flexibility index (Phi) is 5.23. The van der Waals surface area contributed by atoms with Gasteiger partial charge in [0.2, 0.25) is 5.91 Å². The zero-order valence-corrected chi connectivity index (χ0v) is 17.9. The van der Waals surface area contributed by atoms with Gasteiger partial charge in [-0.25, -0.2) is 9.97 Å². The summed E-state index contributed by atoms with van der Waals surface area (Å²) < 4.78 is 8.16. The number of hydrogen-bond donors (Lipinski definition) is 2. The van der Waals surface area contributed by atoms with Gasteiger partial charge in [-0.2, -0.15) is 0 Å². The number of hydrogen-bond acceptors (Lipinski definition) is 5. The first-order valence-corrected chi connectivity index (χ1v) is 10.7. The number of anilines is 1. The van der Waals surface area contributed by atoms with Crippen LogP contribution in [0.3, 0.4) is 0 Å². The van der Waals surface area contributed by atoms with Crippen LogP contribution in [-0.2, 0) is 11.4 Å². The molecule has 0 saturated heterocycles. The standard InChI is InChI=1S/C25H25N5O2/c1-27-25(31)18-10-19(11-18)30-13-21(22-23(26)28-15-29-24(22)30)17-8-5-9-20(12-17)32-14-16-6-3-2-4-7-16/h2-9,12-13,15,18-19H,10-11,14H2,1H3,(H,27,31)(H2,26,28,29)/t18-,19+. The van der Waals surface area contributed by atoms with Gasteiger partial charge in [0.25, 0.3) is 0 Å². The van der Waals surface area contributed by atoms with Crippen molar-refractivity contribution >= 4 is 22.8 Å². The van der Waals surface area contributed by atoms with Crippen LogP contribution in [0.15, 0.2) is 67.1 Å². The molecule has 162 valence electrons. The highest BCUT2D eigenvalue weighted by molar-refractivity contribution is 6.00. The third-order valence-electron chi connectivity index (χ3n) is 6.16. The Hall–Kier alpha value is -3.87. The van der Waals surface area contributed by atoms with E-state index < -0.39 is 0 Å². The molecular weight excluding hydrogens is 402 g/mol. The van der Waals surface area contributed by atoms with E-state index in [1.807, 2.05) is 54.6 Å². The van der Waals surface area contributed by atoms with Crippen molar-refractivity contribution in [2.45, 2.75) is 25.5 Å². The zero-order chi connectivity index (χ0) is 22.1. The number of nitrogens with one attached hydrogen (secondary N) is 1. The van der Waals surface area contributed by atoms with Gasteiger partial charge in [-0.1, -0.05) is 42.5 Å². The Morgan fingerprint density at radius 3 is 2.75 bits per heavy atom. The van der Waals surface area contributed by atoms with E-state index in [0.717, 1.165) is 46.3 Å². The molecule has 32 heavy (non-hydrogen) atoms. The number of nitrogens with two attached hydrogens (primary N) is 1. The molecule has 2 aromatic heterocycles. The Balaban J connectivity index is 1.46. The van der Waals surface area contributed by atoms with Crippen LogP contribution in [-0.4, -0.2) is 27.5 Å². The summed E-state index contributed by atoms with van der Waals surface area (Å²) >= 11 is 0. The summed E-state index contributed by atoms with van der Waals surface area (Å²) in [5, 5.41) is 3.57. The lowest BCUT2D eigenvalue weighted by molar-refractivity contribution is -0.128. The Morgan fingerprint density at radius 1 is 1.16 bits per heavy atom. The summed E-state index contributed by atoms with van der Waals surface area (Å²) in [5.74, 6) is 1.36. The molecule has 2 aromatic carbocycles. The molecule has 7 nitrogen and oxygen atoms in total. The molecule has 7 heteroatoms. The average Bonchev–Trinajstić information content (AvgIpc) is 3.18. The lowest BCUT2D eigenvalue weighted by atomic mass is 9.79. The summed E-state index contributed by atoms with van der Waals surface area (Å²) in [6.07, 6.45) is 5.14. The summed E-state index contributed by atoms with van der Waals surface area (Å²) in [6.45, 7) is 0.500. The molecule has 0 unspecified atom stereocenters. The van der Waals surface area contributed by atoms with E-state index in [9.17, 15) is 4.79 Å². The number of nitrogen functional groups attached to an aromatic ring is 1. The van der Waals surface area contributed by atoms with Gasteiger partial charge in [0.05, 0.1) is 5.39 Å². The van der Waals surface area contributed by atoms with Gasteiger partial charge in [-0.3, -0.25) is 4.79 Å². The number of carbonyl (C=O) groups excluding carboxylic acids is 1. The molecule has 1 saturated carbocycles. The number of fused-ring (bicyclic) bond motifs is 1. The molecule has 1 aliphatic carbocycles. The van der Waals surface area contributed by atoms with E-state index in [4.69, 9.17) is 10.5 Å². The van der Waals surface area contributed by atoms with Crippen LogP contribution in [0.25, 0.3) is 22.2 Å². The summed E-state index contributed by atoms with van der Waals surface area (Å²) in [5.41, 5.74) is 10.1. The van der Waals surface area contributed by atoms with Gasteiger partial charge in [0.15, 0.2) is 0 Å². The second-order valence-electron chi connectivity index (χ2n) is 8.15. The number of amides is 1.